The van der Waals surface area contributed by atoms with E-state index >= 15 is 0 Å². The predicted octanol–water partition coefficient (Wildman–Crippen LogP) is 1.55. The molecule has 0 bridgehead atoms. The van der Waals surface area contributed by atoms with Gasteiger partial charge in [0.25, 0.3) is 0 Å². The van der Waals surface area contributed by atoms with Crippen LogP contribution in [0.5, 0.6) is 0 Å². The van der Waals surface area contributed by atoms with Crippen LogP contribution < -0.4 is 0 Å². The first-order valence-corrected chi connectivity index (χ1v) is 6.70. The average Bonchev–Trinajstić information content (AvgIpc) is 2.74. The Hall–Kier alpha value is -2.11. The first-order valence-electron chi connectivity index (χ1n) is 6.70. The Morgan fingerprint density at radius 3 is 2.85 bits per heavy atom. The van der Waals surface area contributed by atoms with Crippen molar-refractivity contribution in [3.05, 3.63) is 28.7 Å². The van der Waals surface area contributed by atoms with E-state index in [1.807, 2.05) is 25.2 Å². The molecule has 0 atom stereocenters. The highest BCUT2D eigenvalue weighted by Crippen LogP contribution is 2.25. The van der Waals surface area contributed by atoms with Gasteiger partial charge >= 0.3 is 5.97 Å². The topological polar surface area (TPSA) is 75.3 Å². The monoisotopic (exact) mass is 277 g/mol. The zero-order valence-electron chi connectivity index (χ0n) is 12.0. The molecule has 1 heterocycles. The molecule has 1 N–H and O–H groups in total. The number of nitrogens with zero attached hydrogens (tertiary/aromatic N) is 2. The molecule has 108 valence electrons. The molecule has 1 aliphatic rings. The second-order valence-electron chi connectivity index (χ2n) is 4.95. The van der Waals surface area contributed by atoms with Crippen LogP contribution in [-0.4, -0.2) is 47.6 Å². The van der Waals surface area contributed by atoms with E-state index in [4.69, 9.17) is 4.74 Å². The highest BCUT2D eigenvalue weighted by Gasteiger charge is 2.28. The maximum absolute atomic E-state index is 12.4. The van der Waals surface area contributed by atoms with Gasteiger partial charge in [-0.25, -0.2) is 4.79 Å². The number of fused-ring (bicyclic) bond motifs is 1. The maximum atomic E-state index is 12.4. The standard InChI is InChI=1S/C14H19N3O3/c1-4-20-14(19)12-10-7-5-6-9(8-17(2)3)13(18)11(10)15-16-12/h8H,4-7H2,1-3H3,(H,15,16). The third kappa shape index (κ3) is 2.74. The maximum Gasteiger partial charge on any atom is 0.356 e. The molecule has 0 amide bonds. The van der Waals surface area contributed by atoms with Gasteiger partial charge in [-0.1, -0.05) is 0 Å². The average molecular weight is 277 g/mol. The van der Waals surface area contributed by atoms with Crippen molar-refractivity contribution in [1.82, 2.24) is 15.1 Å². The van der Waals surface area contributed by atoms with Gasteiger partial charge in [-0.15, -0.1) is 0 Å². The number of nitrogens with one attached hydrogen (secondary N) is 1. The first-order chi connectivity index (χ1) is 9.54. The van der Waals surface area contributed by atoms with E-state index < -0.39 is 5.97 Å². The minimum atomic E-state index is -0.450. The van der Waals surface area contributed by atoms with Gasteiger partial charge < -0.3 is 9.64 Å². The molecule has 0 saturated heterocycles. The van der Waals surface area contributed by atoms with Crippen LogP contribution in [-0.2, 0) is 11.2 Å². The van der Waals surface area contributed by atoms with E-state index in [1.54, 1.807) is 6.92 Å². The zero-order chi connectivity index (χ0) is 14.7. The van der Waals surface area contributed by atoms with Crippen molar-refractivity contribution < 1.29 is 14.3 Å². The third-order valence-electron chi connectivity index (χ3n) is 3.14. The molecule has 0 radical (unpaired) electrons. The normalized spacial score (nSPS) is 16.8. The van der Waals surface area contributed by atoms with E-state index in [2.05, 4.69) is 10.2 Å². The van der Waals surface area contributed by atoms with Crippen molar-refractivity contribution in [2.24, 2.45) is 0 Å². The summed E-state index contributed by atoms with van der Waals surface area (Å²) in [5.74, 6) is -0.563. The van der Waals surface area contributed by atoms with Crippen LogP contribution in [0.4, 0.5) is 0 Å². The smallest absolute Gasteiger partial charge is 0.356 e. The van der Waals surface area contributed by atoms with Gasteiger partial charge in [-0.2, -0.15) is 5.10 Å². The van der Waals surface area contributed by atoms with Crippen molar-refractivity contribution in [3.63, 3.8) is 0 Å². The first kappa shape index (κ1) is 14.3. The van der Waals surface area contributed by atoms with E-state index in [0.717, 1.165) is 12.0 Å². The van der Waals surface area contributed by atoms with Gasteiger partial charge in [0.1, 0.15) is 11.4 Å². The molecule has 2 rings (SSSR count). The van der Waals surface area contributed by atoms with Crippen LogP contribution in [0.3, 0.4) is 0 Å². The van der Waals surface area contributed by atoms with E-state index in [-0.39, 0.29) is 5.78 Å². The number of aromatic nitrogens is 2. The largest absolute Gasteiger partial charge is 0.461 e. The molecule has 1 aromatic heterocycles. The minimum absolute atomic E-state index is 0.113. The highest BCUT2D eigenvalue weighted by molar-refractivity contribution is 6.10. The van der Waals surface area contributed by atoms with Crippen molar-refractivity contribution in [1.29, 1.82) is 0 Å². The number of hydrogen-bond donors (Lipinski definition) is 1. The fourth-order valence-corrected chi connectivity index (χ4v) is 2.32. The zero-order valence-corrected chi connectivity index (χ0v) is 12.0. The van der Waals surface area contributed by atoms with E-state index in [0.29, 0.717) is 36.4 Å². The Morgan fingerprint density at radius 1 is 1.45 bits per heavy atom. The summed E-state index contributed by atoms with van der Waals surface area (Å²) in [7, 11) is 3.75. The summed E-state index contributed by atoms with van der Waals surface area (Å²) in [6.07, 6.45) is 3.96. The van der Waals surface area contributed by atoms with E-state index in [1.165, 1.54) is 0 Å². The molecule has 0 fully saturated rings. The van der Waals surface area contributed by atoms with Gasteiger partial charge in [-0.05, 0) is 26.2 Å². The van der Waals surface area contributed by atoms with Gasteiger partial charge in [-0.3, -0.25) is 9.89 Å². The number of allylic oxidation sites excluding steroid dienone is 1. The predicted molar refractivity (Wildman–Crippen MR) is 73.6 cm³/mol. The Labute approximate surface area is 117 Å². The van der Waals surface area contributed by atoms with Crippen molar-refractivity contribution in [3.8, 4) is 0 Å². The van der Waals surface area contributed by atoms with Crippen LogP contribution in [0.2, 0.25) is 0 Å². The fourth-order valence-electron chi connectivity index (χ4n) is 2.32. The van der Waals surface area contributed by atoms with E-state index in [9.17, 15) is 9.59 Å². The molecule has 6 heteroatoms. The fraction of sp³-hybridized carbons (Fsp3) is 0.500. The molecule has 0 spiro atoms. The number of aromatic amines is 1. The molecule has 0 unspecified atom stereocenters. The minimum Gasteiger partial charge on any atom is -0.461 e. The van der Waals surface area contributed by atoms with Crippen LogP contribution >= 0.6 is 0 Å². The lowest BCUT2D eigenvalue weighted by Crippen LogP contribution is -2.10. The van der Waals surface area contributed by atoms with Crippen molar-refractivity contribution in [2.45, 2.75) is 26.2 Å². The summed E-state index contributed by atoms with van der Waals surface area (Å²) >= 11 is 0. The molecule has 0 saturated carbocycles. The van der Waals surface area contributed by atoms with Crippen LogP contribution in [0.15, 0.2) is 11.8 Å². The summed E-state index contributed by atoms with van der Waals surface area (Å²) in [4.78, 5) is 26.1. The third-order valence-corrected chi connectivity index (χ3v) is 3.14. The highest BCUT2D eigenvalue weighted by atomic mass is 16.5. The Morgan fingerprint density at radius 2 is 2.20 bits per heavy atom. The van der Waals surface area contributed by atoms with Crippen LogP contribution in [0.25, 0.3) is 0 Å². The molecule has 6 nitrogen and oxygen atoms in total. The lowest BCUT2D eigenvalue weighted by molar-refractivity contribution is 0.0518. The number of carbonyl (C=O) groups is 2. The summed E-state index contributed by atoms with van der Waals surface area (Å²) in [6, 6.07) is 0. The molecule has 0 aliphatic heterocycles. The van der Waals surface area contributed by atoms with Crippen LogP contribution in [0.1, 0.15) is 46.3 Å². The number of esters is 1. The summed E-state index contributed by atoms with van der Waals surface area (Å²) in [5.41, 5.74) is 2.05. The number of ether oxygens (including phenoxy) is 1. The van der Waals surface area contributed by atoms with Gasteiger partial charge in [0.15, 0.2) is 0 Å². The second-order valence-corrected chi connectivity index (χ2v) is 4.95. The molecular weight excluding hydrogens is 258 g/mol. The Balaban J connectivity index is 2.38. The van der Waals surface area contributed by atoms with Gasteiger partial charge in [0.2, 0.25) is 5.78 Å². The molecule has 0 aromatic carbocycles. The number of carbonyl (C=O) groups excluding carboxylic acids is 2. The summed E-state index contributed by atoms with van der Waals surface area (Å²) in [6.45, 7) is 2.04. The Bertz CT molecular complexity index is 558. The SMILES string of the molecule is CCOC(=O)c1[nH]nc2c1CCCC(=CN(C)C)C2=O. The Kier molecular flexibility index (Phi) is 4.22. The molecule has 20 heavy (non-hydrogen) atoms. The molecular formula is C14H19N3O3. The quantitative estimate of drug-likeness (QED) is 0.515. The molecule has 1 aliphatic carbocycles. The van der Waals surface area contributed by atoms with Crippen molar-refractivity contribution in [2.75, 3.05) is 20.7 Å². The number of ketones is 1. The van der Waals surface area contributed by atoms with Crippen molar-refractivity contribution >= 4 is 11.8 Å². The summed E-state index contributed by atoms with van der Waals surface area (Å²) in [5, 5.41) is 6.67. The lowest BCUT2D eigenvalue weighted by Gasteiger charge is -2.08. The number of H-pyrrole nitrogens is 1. The lowest BCUT2D eigenvalue weighted by atomic mass is 10.1. The number of rotatable bonds is 3. The summed E-state index contributed by atoms with van der Waals surface area (Å²) < 4.78 is 4.98. The second kappa shape index (κ2) is 5.90. The number of Topliss-reactive ketones (excluding diaryl/α,β-unsaturated/α-hetero) is 1. The van der Waals surface area contributed by atoms with Gasteiger partial charge in [0, 0.05) is 31.4 Å². The molecule has 1 aromatic rings. The van der Waals surface area contributed by atoms with Gasteiger partial charge in [0.05, 0.1) is 6.61 Å². The van der Waals surface area contributed by atoms with Crippen LogP contribution in [0, 0.1) is 0 Å². The number of hydrogen-bond acceptors (Lipinski definition) is 5.